The van der Waals surface area contributed by atoms with Gasteiger partial charge in [-0.15, -0.1) is 11.8 Å². The van der Waals surface area contributed by atoms with Gasteiger partial charge in [-0.05, 0) is 31.5 Å². The summed E-state index contributed by atoms with van der Waals surface area (Å²) in [6.07, 6.45) is 0.358. The Labute approximate surface area is 125 Å². The lowest BCUT2D eigenvalue weighted by molar-refractivity contribution is -0.146. The van der Waals surface area contributed by atoms with Crippen molar-refractivity contribution >= 4 is 23.6 Å². The van der Waals surface area contributed by atoms with E-state index in [0.29, 0.717) is 10.6 Å². The Morgan fingerprint density at radius 1 is 1.33 bits per heavy atom. The van der Waals surface area contributed by atoms with Crippen molar-refractivity contribution in [3.05, 3.63) is 29.8 Å². The molecular formula is C14H17F2NO3S. The van der Waals surface area contributed by atoms with Gasteiger partial charge in [0.05, 0.1) is 0 Å². The zero-order valence-electron chi connectivity index (χ0n) is 11.8. The second kappa shape index (κ2) is 7.40. The normalized spacial score (nSPS) is 13.5. The molecule has 7 heteroatoms. The van der Waals surface area contributed by atoms with Gasteiger partial charge in [-0.25, -0.2) is 13.6 Å². The van der Waals surface area contributed by atoms with Crippen molar-refractivity contribution in [1.82, 2.24) is 5.32 Å². The number of amides is 1. The van der Waals surface area contributed by atoms with Gasteiger partial charge in [-0.1, -0.05) is 6.92 Å². The van der Waals surface area contributed by atoms with Crippen LogP contribution in [-0.4, -0.2) is 28.3 Å². The first-order valence-corrected chi connectivity index (χ1v) is 7.39. The van der Waals surface area contributed by atoms with Gasteiger partial charge < -0.3 is 10.4 Å². The molecule has 0 spiro atoms. The van der Waals surface area contributed by atoms with E-state index < -0.39 is 29.0 Å². The molecule has 0 saturated carbocycles. The predicted octanol–water partition coefficient (Wildman–Crippen LogP) is 2.82. The van der Waals surface area contributed by atoms with Crippen molar-refractivity contribution in [2.75, 3.05) is 5.75 Å². The molecule has 1 rings (SSSR count). The highest BCUT2D eigenvalue weighted by atomic mass is 32.2. The number of carboxylic acids is 1. The molecule has 0 bridgehead atoms. The van der Waals surface area contributed by atoms with Crippen molar-refractivity contribution in [2.24, 2.45) is 0 Å². The average Bonchev–Trinajstić information content (AvgIpc) is 2.42. The third-order valence-corrected chi connectivity index (χ3v) is 4.08. The molecule has 1 amide bonds. The van der Waals surface area contributed by atoms with Crippen LogP contribution in [0.25, 0.3) is 0 Å². The molecular weight excluding hydrogens is 300 g/mol. The number of halogens is 2. The lowest BCUT2D eigenvalue weighted by Gasteiger charge is -2.24. The molecule has 0 aromatic heterocycles. The molecule has 0 saturated heterocycles. The highest BCUT2D eigenvalue weighted by molar-refractivity contribution is 7.99. The van der Waals surface area contributed by atoms with Crippen LogP contribution in [0.15, 0.2) is 23.1 Å². The average molecular weight is 317 g/mol. The van der Waals surface area contributed by atoms with Crippen LogP contribution in [0.2, 0.25) is 0 Å². The molecule has 1 atom stereocenters. The summed E-state index contributed by atoms with van der Waals surface area (Å²) in [4.78, 5) is 23.3. The number of benzene rings is 1. The number of nitrogens with one attached hydrogen (secondary N) is 1. The summed E-state index contributed by atoms with van der Waals surface area (Å²) >= 11 is 1.20. The smallest absolute Gasteiger partial charge is 0.329 e. The zero-order chi connectivity index (χ0) is 16.0. The summed E-state index contributed by atoms with van der Waals surface area (Å²) in [5.41, 5.74) is -1.29. The highest BCUT2D eigenvalue weighted by Crippen LogP contribution is 2.21. The molecule has 4 nitrogen and oxygen atoms in total. The number of carboxylic acid groups (broad SMARTS) is 1. The zero-order valence-corrected chi connectivity index (χ0v) is 12.6. The second-order valence-electron chi connectivity index (χ2n) is 4.71. The fourth-order valence-electron chi connectivity index (χ4n) is 1.49. The van der Waals surface area contributed by atoms with Crippen LogP contribution in [0.5, 0.6) is 0 Å². The predicted molar refractivity (Wildman–Crippen MR) is 76.2 cm³/mol. The van der Waals surface area contributed by atoms with Gasteiger partial charge in [0.2, 0.25) is 5.91 Å². The van der Waals surface area contributed by atoms with Crippen molar-refractivity contribution < 1.29 is 23.5 Å². The largest absolute Gasteiger partial charge is 0.480 e. The van der Waals surface area contributed by atoms with Crippen LogP contribution >= 0.6 is 11.8 Å². The van der Waals surface area contributed by atoms with Crippen LogP contribution in [0.3, 0.4) is 0 Å². The second-order valence-corrected chi connectivity index (χ2v) is 5.88. The molecule has 0 aliphatic carbocycles. The van der Waals surface area contributed by atoms with Gasteiger partial charge in [-0.3, -0.25) is 4.79 Å². The molecule has 0 fully saturated rings. The number of carbonyl (C=O) groups is 2. The van der Waals surface area contributed by atoms with Gasteiger partial charge in [0.25, 0.3) is 0 Å². The van der Waals surface area contributed by atoms with E-state index in [0.717, 1.165) is 12.1 Å². The number of rotatable bonds is 7. The van der Waals surface area contributed by atoms with Gasteiger partial charge in [-0.2, -0.15) is 0 Å². The van der Waals surface area contributed by atoms with E-state index in [1.807, 2.05) is 0 Å². The lowest BCUT2D eigenvalue weighted by Crippen LogP contribution is -2.51. The number of thioether (sulfide) groups is 1. The minimum absolute atomic E-state index is 0.0898. The summed E-state index contributed by atoms with van der Waals surface area (Å²) in [6, 6.07) is 3.51. The van der Waals surface area contributed by atoms with Crippen molar-refractivity contribution in [2.45, 2.75) is 37.1 Å². The monoisotopic (exact) mass is 317 g/mol. The van der Waals surface area contributed by atoms with Crippen LogP contribution in [0.1, 0.15) is 26.7 Å². The first-order chi connectivity index (χ1) is 9.78. The molecule has 1 unspecified atom stereocenters. The molecule has 1 aromatic carbocycles. The molecule has 0 aliphatic rings. The van der Waals surface area contributed by atoms with Crippen molar-refractivity contribution in [3.63, 3.8) is 0 Å². The first-order valence-electron chi connectivity index (χ1n) is 6.40. The minimum atomic E-state index is -1.29. The minimum Gasteiger partial charge on any atom is -0.480 e. The Balaban J connectivity index is 2.46. The van der Waals surface area contributed by atoms with E-state index in [4.69, 9.17) is 5.11 Å². The number of hydrogen-bond acceptors (Lipinski definition) is 3. The standard InChI is InChI=1S/C14H17F2NO3S/c1-3-14(2,13(19)20)17-12(18)6-7-21-9-4-5-10(15)11(16)8-9/h4-5,8H,3,6-7H2,1-2H3,(H,17,18)(H,19,20). The molecule has 0 radical (unpaired) electrons. The van der Waals surface area contributed by atoms with Gasteiger partial charge in [0, 0.05) is 17.1 Å². The number of aliphatic carboxylic acids is 1. The Hall–Kier alpha value is -1.63. The van der Waals surface area contributed by atoms with Crippen LogP contribution in [0.4, 0.5) is 8.78 Å². The van der Waals surface area contributed by atoms with E-state index in [-0.39, 0.29) is 12.8 Å². The molecule has 21 heavy (non-hydrogen) atoms. The fraction of sp³-hybridized carbons (Fsp3) is 0.429. The van der Waals surface area contributed by atoms with E-state index in [9.17, 15) is 18.4 Å². The highest BCUT2D eigenvalue weighted by Gasteiger charge is 2.32. The summed E-state index contributed by atoms with van der Waals surface area (Å²) in [7, 11) is 0. The van der Waals surface area contributed by atoms with Gasteiger partial charge in [0.15, 0.2) is 11.6 Å². The van der Waals surface area contributed by atoms with E-state index in [1.54, 1.807) is 6.92 Å². The van der Waals surface area contributed by atoms with Crippen LogP contribution in [-0.2, 0) is 9.59 Å². The van der Waals surface area contributed by atoms with Crippen LogP contribution < -0.4 is 5.32 Å². The summed E-state index contributed by atoms with van der Waals surface area (Å²) in [5.74, 6) is -2.99. The lowest BCUT2D eigenvalue weighted by atomic mass is 9.99. The van der Waals surface area contributed by atoms with Gasteiger partial charge >= 0.3 is 5.97 Å². The maximum Gasteiger partial charge on any atom is 0.329 e. The quantitative estimate of drug-likeness (QED) is 0.759. The molecule has 0 heterocycles. The third-order valence-electron chi connectivity index (χ3n) is 3.08. The van der Waals surface area contributed by atoms with E-state index in [1.165, 1.54) is 24.8 Å². The maximum absolute atomic E-state index is 13.0. The van der Waals surface area contributed by atoms with Crippen molar-refractivity contribution in [3.8, 4) is 0 Å². The van der Waals surface area contributed by atoms with Crippen LogP contribution in [0, 0.1) is 11.6 Å². The van der Waals surface area contributed by atoms with E-state index in [2.05, 4.69) is 5.32 Å². The Morgan fingerprint density at radius 2 is 2.00 bits per heavy atom. The Kier molecular flexibility index (Phi) is 6.14. The fourth-order valence-corrected chi connectivity index (χ4v) is 2.37. The topological polar surface area (TPSA) is 66.4 Å². The molecule has 2 N–H and O–H groups in total. The summed E-state index contributed by atoms with van der Waals surface area (Å²) in [5, 5.41) is 11.5. The third kappa shape index (κ3) is 5.00. The Bertz CT molecular complexity index is 539. The molecule has 116 valence electrons. The molecule has 0 aliphatic heterocycles. The SMILES string of the molecule is CCC(C)(NC(=O)CCSc1ccc(F)c(F)c1)C(=O)O. The first kappa shape index (κ1) is 17.4. The van der Waals surface area contributed by atoms with E-state index >= 15 is 0 Å². The van der Waals surface area contributed by atoms with Gasteiger partial charge in [0.1, 0.15) is 5.54 Å². The maximum atomic E-state index is 13.0. The summed E-state index contributed by atoms with van der Waals surface area (Å²) in [6.45, 7) is 3.11. The number of carbonyl (C=O) groups excluding carboxylic acids is 1. The Morgan fingerprint density at radius 3 is 2.52 bits per heavy atom. The number of hydrogen-bond donors (Lipinski definition) is 2. The molecule has 1 aromatic rings. The summed E-state index contributed by atoms with van der Waals surface area (Å²) < 4.78 is 25.7. The van der Waals surface area contributed by atoms with Crippen molar-refractivity contribution in [1.29, 1.82) is 0 Å².